The molecule has 3 aromatic carbocycles. The molecule has 9 nitrogen and oxygen atoms in total. The van der Waals surface area contributed by atoms with Gasteiger partial charge in [-0.3, -0.25) is 19.0 Å². The van der Waals surface area contributed by atoms with Crippen molar-refractivity contribution in [2.75, 3.05) is 39.2 Å². The van der Waals surface area contributed by atoms with Gasteiger partial charge in [-0.1, -0.05) is 60.3 Å². The molecule has 2 saturated heterocycles. The van der Waals surface area contributed by atoms with Crippen molar-refractivity contribution >= 4 is 34.4 Å². The van der Waals surface area contributed by atoms with Crippen LogP contribution >= 0.6 is 11.8 Å². The molecule has 1 spiro atoms. The second-order valence-electron chi connectivity index (χ2n) is 10.3. The number of hydrogen-bond acceptors (Lipinski definition) is 8. The van der Waals surface area contributed by atoms with Gasteiger partial charge >= 0.3 is 0 Å². The van der Waals surface area contributed by atoms with Crippen LogP contribution in [0.5, 0.6) is 5.75 Å². The molecule has 0 N–H and O–H groups in total. The Bertz CT molecular complexity index is 1670. The molecule has 4 aromatic rings. The monoisotopic (exact) mass is 585 g/mol. The molecule has 2 aliphatic heterocycles. The molecule has 2 fully saturated rings. The van der Waals surface area contributed by atoms with Gasteiger partial charge in [-0.05, 0) is 24.3 Å². The predicted molar refractivity (Wildman–Crippen MR) is 159 cm³/mol. The first kappa shape index (κ1) is 28.1. The summed E-state index contributed by atoms with van der Waals surface area (Å²) in [6.07, 6.45) is 1.24. The fourth-order valence-electron chi connectivity index (χ4n) is 5.44. The van der Waals surface area contributed by atoms with Gasteiger partial charge in [0.1, 0.15) is 5.75 Å². The Labute approximate surface area is 247 Å². The molecular weight excluding hydrogens is 554 g/mol. The molecule has 0 bridgehead atoms. The number of hydrogen-bond donors (Lipinski definition) is 0. The molecule has 0 unspecified atom stereocenters. The molecule has 6 rings (SSSR count). The third kappa shape index (κ3) is 5.70. The van der Waals surface area contributed by atoms with Crippen LogP contribution in [0.2, 0.25) is 0 Å². The van der Waals surface area contributed by atoms with Crippen LogP contribution in [0, 0.1) is 0 Å². The molecule has 216 valence electrons. The van der Waals surface area contributed by atoms with E-state index in [4.69, 9.17) is 19.2 Å². The number of para-hydroxylation sites is 1. The van der Waals surface area contributed by atoms with Crippen LogP contribution in [-0.2, 0) is 16.0 Å². The normalized spacial score (nSPS) is 16.2. The van der Waals surface area contributed by atoms with Crippen molar-refractivity contribution in [2.45, 2.75) is 30.3 Å². The molecule has 0 aliphatic carbocycles. The van der Waals surface area contributed by atoms with Crippen LogP contribution in [0.1, 0.15) is 39.1 Å². The maximum absolute atomic E-state index is 13.9. The zero-order chi connectivity index (χ0) is 29.1. The second kappa shape index (κ2) is 12.1. The first-order valence-corrected chi connectivity index (χ1v) is 14.9. The summed E-state index contributed by atoms with van der Waals surface area (Å²) in [6, 6.07) is 21.5. The highest BCUT2D eigenvalue weighted by atomic mass is 32.2. The SMILES string of the molecule is COc1ccccc1Cn1c(SCC(=O)c2ccccc2)nc2cc(C(=O)N3CCC4(CC3)OCCO4)ccc2c1=O. The molecule has 10 heteroatoms. The largest absolute Gasteiger partial charge is 0.496 e. The topological polar surface area (TPSA) is 100.0 Å². The van der Waals surface area contributed by atoms with Gasteiger partial charge < -0.3 is 19.1 Å². The van der Waals surface area contributed by atoms with E-state index in [-0.39, 0.29) is 29.5 Å². The highest BCUT2D eigenvalue weighted by molar-refractivity contribution is 7.99. The van der Waals surface area contributed by atoms with E-state index in [0.29, 0.717) is 72.1 Å². The molecule has 42 heavy (non-hydrogen) atoms. The van der Waals surface area contributed by atoms with E-state index < -0.39 is 5.79 Å². The quantitative estimate of drug-likeness (QED) is 0.170. The number of thioether (sulfide) groups is 1. The number of carbonyl (C=O) groups excluding carboxylic acids is 2. The smallest absolute Gasteiger partial charge is 0.262 e. The minimum Gasteiger partial charge on any atom is -0.496 e. The summed E-state index contributed by atoms with van der Waals surface area (Å²) in [4.78, 5) is 46.8. The summed E-state index contributed by atoms with van der Waals surface area (Å²) in [5.41, 5.74) is 2.01. The lowest BCUT2D eigenvalue weighted by molar-refractivity contribution is -0.181. The summed E-state index contributed by atoms with van der Waals surface area (Å²) >= 11 is 1.20. The summed E-state index contributed by atoms with van der Waals surface area (Å²) in [5, 5.41) is 0.785. The van der Waals surface area contributed by atoms with Crippen LogP contribution < -0.4 is 10.3 Å². The van der Waals surface area contributed by atoms with Crippen LogP contribution in [0.25, 0.3) is 10.9 Å². The van der Waals surface area contributed by atoms with E-state index in [1.54, 1.807) is 46.9 Å². The van der Waals surface area contributed by atoms with E-state index in [1.807, 2.05) is 42.5 Å². The maximum Gasteiger partial charge on any atom is 0.262 e. The number of likely N-dealkylation sites (tertiary alicyclic amines) is 1. The molecule has 2 aliphatic rings. The van der Waals surface area contributed by atoms with E-state index >= 15 is 0 Å². The highest BCUT2D eigenvalue weighted by Gasteiger charge is 2.40. The minimum atomic E-state index is -0.572. The van der Waals surface area contributed by atoms with E-state index in [2.05, 4.69) is 0 Å². The number of nitrogens with zero attached hydrogens (tertiary/aromatic N) is 3. The van der Waals surface area contributed by atoms with Crippen molar-refractivity contribution in [1.29, 1.82) is 0 Å². The molecule has 0 saturated carbocycles. The van der Waals surface area contributed by atoms with Gasteiger partial charge in [-0.2, -0.15) is 0 Å². The van der Waals surface area contributed by atoms with E-state index in [9.17, 15) is 14.4 Å². The Hall–Kier alpha value is -3.99. The Morgan fingerprint density at radius 3 is 2.40 bits per heavy atom. The molecule has 1 aromatic heterocycles. The Morgan fingerprint density at radius 2 is 1.67 bits per heavy atom. The van der Waals surface area contributed by atoms with Crippen molar-refractivity contribution in [3.63, 3.8) is 0 Å². The van der Waals surface area contributed by atoms with Crippen molar-refractivity contribution < 1.29 is 23.8 Å². The summed E-state index contributed by atoms with van der Waals surface area (Å²) in [5.74, 6) is -0.0125. The number of fused-ring (bicyclic) bond motifs is 1. The van der Waals surface area contributed by atoms with E-state index in [0.717, 1.165) is 5.56 Å². The number of rotatable bonds is 8. The number of ether oxygens (including phenoxy) is 3. The van der Waals surface area contributed by atoms with Crippen LogP contribution in [0.3, 0.4) is 0 Å². The van der Waals surface area contributed by atoms with Gasteiger partial charge in [-0.15, -0.1) is 0 Å². The zero-order valence-corrected chi connectivity index (χ0v) is 24.1. The molecule has 0 radical (unpaired) electrons. The highest BCUT2D eigenvalue weighted by Crippen LogP contribution is 2.32. The molecular formula is C32H31N3O6S. The lowest BCUT2D eigenvalue weighted by atomic mass is 10.0. The Kier molecular flexibility index (Phi) is 8.10. The number of methoxy groups -OCH3 is 1. The van der Waals surface area contributed by atoms with Gasteiger partial charge in [-0.25, -0.2) is 4.98 Å². The lowest BCUT2D eigenvalue weighted by Gasteiger charge is -2.37. The van der Waals surface area contributed by atoms with Crippen LogP contribution in [0.15, 0.2) is 82.7 Å². The van der Waals surface area contributed by atoms with Gasteiger partial charge in [0, 0.05) is 42.6 Å². The van der Waals surface area contributed by atoms with Gasteiger partial charge in [0.05, 0.1) is 43.5 Å². The zero-order valence-electron chi connectivity index (χ0n) is 23.3. The van der Waals surface area contributed by atoms with Crippen molar-refractivity contribution in [3.8, 4) is 5.75 Å². The van der Waals surface area contributed by atoms with E-state index in [1.165, 1.54) is 11.8 Å². The number of piperidine rings is 1. The standard InChI is InChI=1S/C32H31N3O6S/c1-39-28-10-6-5-9-24(28)20-35-30(38)25-12-11-23(29(37)34-15-13-32(14-16-34)40-17-18-41-32)19-26(25)33-31(35)42-21-27(36)22-7-3-2-4-8-22/h2-12,19H,13-18,20-21H2,1H3. The third-order valence-electron chi connectivity index (χ3n) is 7.74. The molecule has 1 amide bonds. The van der Waals surface area contributed by atoms with Gasteiger partial charge in [0.2, 0.25) is 0 Å². The number of ketones is 1. The van der Waals surface area contributed by atoms with Gasteiger partial charge in [0.15, 0.2) is 16.7 Å². The maximum atomic E-state index is 13.9. The number of Topliss-reactive ketones (excluding diaryl/α,β-unsaturated/α-hetero) is 1. The van der Waals surface area contributed by atoms with Crippen molar-refractivity contribution in [2.24, 2.45) is 0 Å². The number of amides is 1. The second-order valence-corrected chi connectivity index (χ2v) is 11.2. The first-order chi connectivity index (χ1) is 20.5. The average molecular weight is 586 g/mol. The average Bonchev–Trinajstić information content (AvgIpc) is 3.49. The summed E-state index contributed by atoms with van der Waals surface area (Å²) in [6.45, 7) is 2.42. The lowest BCUT2D eigenvalue weighted by Crippen LogP contribution is -2.47. The number of benzene rings is 3. The first-order valence-electron chi connectivity index (χ1n) is 13.9. The van der Waals surface area contributed by atoms with Crippen LogP contribution in [0.4, 0.5) is 0 Å². The van der Waals surface area contributed by atoms with Crippen molar-refractivity contribution in [3.05, 3.63) is 99.8 Å². The third-order valence-corrected chi connectivity index (χ3v) is 8.72. The summed E-state index contributed by atoms with van der Waals surface area (Å²) < 4.78 is 18.7. The molecule has 3 heterocycles. The Morgan fingerprint density at radius 1 is 0.952 bits per heavy atom. The number of carbonyl (C=O) groups is 2. The van der Waals surface area contributed by atoms with Crippen molar-refractivity contribution in [1.82, 2.24) is 14.5 Å². The van der Waals surface area contributed by atoms with Crippen LogP contribution in [-0.4, -0.2) is 71.1 Å². The Balaban J connectivity index is 1.32. The predicted octanol–water partition coefficient (Wildman–Crippen LogP) is 4.41. The molecule has 0 atom stereocenters. The minimum absolute atomic E-state index is 0.0687. The summed E-state index contributed by atoms with van der Waals surface area (Å²) in [7, 11) is 1.59. The fourth-order valence-corrected chi connectivity index (χ4v) is 6.34. The van der Waals surface area contributed by atoms with Gasteiger partial charge in [0.25, 0.3) is 11.5 Å². The number of aromatic nitrogens is 2. The fraction of sp³-hybridized carbons (Fsp3) is 0.312.